The summed E-state index contributed by atoms with van der Waals surface area (Å²) in [5.74, 6) is 3.73. The van der Waals surface area contributed by atoms with Gasteiger partial charge < -0.3 is 92.5 Å². The van der Waals surface area contributed by atoms with Crippen molar-refractivity contribution in [1.82, 2.24) is 21.3 Å². The van der Waals surface area contributed by atoms with E-state index in [4.69, 9.17) is 79.2 Å². The molecule has 0 spiro atoms. The second-order valence-electron chi connectivity index (χ2n) is 19.5. The lowest BCUT2D eigenvalue weighted by Crippen LogP contribution is -2.42. The number of terminal acetylenes is 2. The average molecular weight is 1220 g/mol. The zero-order valence-electron chi connectivity index (χ0n) is 50.6. The number of nitrogens with zero attached hydrogens (tertiary/aromatic N) is 1. The molecule has 2 aromatic carbocycles. The highest BCUT2D eigenvalue weighted by Crippen LogP contribution is 2.48. The molecule has 24 heteroatoms. The molecule has 0 saturated carbocycles. The van der Waals surface area contributed by atoms with Crippen molar-refractivity contribution in [3.8, 4) is 24.7 Å². The van der Waals surface area contributed by atoms with Crippen LogP contribution in [-0.2, 0) is 96.8 Å². The van der Waals surface area contributed by atoms with Gasteiger partial charge in [0.15, 0.2) is 0 Å². The molecule has 2 aliphatic rings. The molecule has 4 N–H and O–H groups in total. The van der Waals surface area contributed by atoms with Crippen LogP contribution in [0.2, 0.25) is 0 Å². The second-order valence-corrected chi connectivity index (χ2v) is 19.5. The zero-order valence-corrected chi connectivity index (χ0v) is 50.6. The van der Waals surface area contributed by atoms with Gasteiger partial charge in [0.1, 0.15) is 13.2 Å². The Morgan fingerprint density at radius 1 is 0.402 bits per heavy atom. The molecule has 1 aliphatic heterocycles. The van der Waals surface area contributed by atoms with Crippen molar-refractivity contribution in [2.75, 3.05) is 210 Å². The number of carbonyl (C=O) groups is 5. The Morgan fingerprint density at radius 3 is 1.21 bits per heavy atom. The lowest BCUT2D eigenvalue weighted by molar-refractivity contribution is -0.126. The molecule has 0 unspecified atom stereocenters. The number of hydrogen-bond donors (Lipinski definition) is 4. The lowest BCUT2D eigenvalue weighted by atomic mass is 9.77. The molecular formula is C63H93N5O19. The topological polar surface area (TPSA) is 266 Å². The molecule has 484 valence electrons. The minimum Gasteiger partial charge on any atom is -0.379 e. The van der Waals surface area contributed by atoms with E-state index in [9.17, 15) is 24.0 Å². The van der Waals surface area contributed by atoms with Gasteiger partial charge in [-0.25, -0.2) is 0 Å². The van der Waals surface area contributed by atoms with Crippen LogP contribution in [0.25, 0.3) is 11.1 Å². The molecule has 0 aromatic heterocycles. The highest BCUT2D eigenvalue weighted by atomic mass is 16.6. The van der Waals surface area contributed by atoms with Gasteiger partial charge in [-0.05, 0) is 41.2 Å². The molecule has 87 heavy (non-hydrogen) atoms. The summed E-state index contributed by atoms with van der Waals surface area (Å²) >= 11 is 0. The minimum absolute atomic E-state index is 0.0621. The van der Waals surface area contributed by atoms with E-state index in [0.29, 0.717) is 158 Å². The number of anilines is 1. The summed E-state index contributed by atoms with van der Waals surface area (Å²) in [4.78, 5) is 65.9. The monoisotopic (exact) mass is 1220 g/mol. The standard InChI is InChI=1S/C63H93N5O19/c1-3-23-74-31-37-80-43-46-83-41-35-78-29-21-65-60(70)17-26-86-50-53(51-87-27-18-61(71)66-22-30-79-36-42-84-47-44-81-38-32-75-24-4-2)67-62(72)19-25-76-33-39-82-45-48-85-40-34-77-28-20-64-59(69)15-16-63(73)68-49-52-9-5-6-10-54(52)55-13-14-56(55)57-11-7-8-12-58(57)68/h1-2,5-12,53H,13-51H2,(H,64,69)(H,65,70)(H,66,71)(H,67,72). The smallest absolute Gasteiger partial charge is 0.227 e. The van der Waals surface area contributed by atoms with Gasteiger partial charge in [-0.2, -0.15) is 0 Å². The van der Waals surface area contributed by atoms with Gasteiger partial charge in [0.25, 0.3) is 0 Å². The molecular weight excluding hydrogens is 1130 g/mol. The molecule has 24 nitrogen and oxygen atoms in total. The number of nitrogens with one attached hydrogen (secondary N) is 4. The number of para-hydroxylation sites is 1. The van der Waals surface area contributed by atoms with Gasteiger partial charge in [0.2, 0.25) is 29.5 Å². The van der Waals surface area contributed by atoms with E-state index in [-0.39, 0.29) is 114 Å². The van der Waals surface area contributed by atoms with E-state index in [1.54, 1.807) is 0 Å². The van der Waals surface area contributed by atoms with E-state index in [1.807, 2.05) is 35.2 Å². The summed E-state index contributed by atoms with van der Waals surface area (Å²) in [5.41, 5.74) is 6.94. The van der Waals surface area contributed by atoms with Crippen molar-refractivity contribution in [1.29, 1.82) is 0 Å². The van der Waals surface area contributed by atoms with Crippen LogP contribution in [0.15, 0.2) is 48.5 Å². The minimum atomic E-state index is -0.565. The molecule has 0 bridgehead atoms. The van der Waals surface area contributed by atoms with Crippen molar-refractivity contribution < 1.29 is 90.3 Å². The normalized spacial score (nSPS) is 12.5. The largest absolute Gasteiger partial charge is 0.379 e. The van der Waals surface area contributed by atoms with Gasteiger partial charge >= 0.3 is 0 Å². The van der Waals surface area contributed by atoms with E-state index < -0.39 is 6.04 Å². The molecule has 0 fully saturated rings. The Morgan fingerprint density at radius 2 is 0.759 bits per heavy atom. The molecule has 4 rings (SSSR count). The van der Waals surface area contributed by atoms with Crippen LogP contribution in [0, 0.1) is 24.7 Å². The molecule has 0 atom stereocenters. The summed E-state index contributed by atoms with van der Waals surface area (Å²) < 4.78 is 76.8. The highest BCUT2D eigenvalue weighted by Gasteiger charge is 2.30. The molecule has 2 aromatic rings. The van der Waals surface area contributed by atoms with Crippen molar-refractivity contribution in [3.63, 3.8) is 0 Å². The van der Waals surface area contributed by atoms with Gasteiger partial charge in [-0.15, -0.1) is 12.8 Å². The predicted molar refractivity (Wildman–Crippen MR) is 323 cm³/mol. The van der Waals surface area contributed by atoms with E-state index >= 15 is 0 Å². The van der Waals surface area contributed by atoms with Crippen molar-refractivity contribution in [2.45, 2.75) is 57.5 Å². The summed E-state index contributed by atoms with van der Waals surface area (Å²) in [6.45, 7) is 10.1. The Labute approximate surface area is 513 Å². The van der Waals surface area contributed by atoms with Crippen molar-refractivity contribution >= 4 is 46.4 Å². The van der Waals surface area contributed by atoms with E-state index in [0.717, 1.165) is 29.7 Å². The number of benzene rings is 2. The van der Waals surface area contributed by atoms with E-state index in [2.05, 4.69) is 51.3 Å². The number of hydrogen-bond acceptors (Lipinski definition) is 19. The SMILES string of the molecule is C#CCOCCOCCOCCOCCNC(=O)CCOCC(COCCC(=O)NCCOCCOCCOCCOCC#C)NC(=O)CCOCCOCCOCCOCCNC(=O)CCC(=O)N1Cc2ccccc2C2=C(CC2)c2ccccc21. The maximum atomic E-state index is 13.6. The summed E-state index contributed by atoms with van der Waals surface area (Å²) in [6, 6.07) is 15.7. The van der Waals surface area contributed by atoms with Gasteiger partial charge in [0, 0.05) is 57.3 Å². The predicted octanol–water partition coefficient (Wildman–Crippen LogP) is 2.52. The van der Waals surface area contributed by atoms with Crippen molar-refractivity contribution in [3.05, 3.63) is 65.2 Å². The van der Waals surface area contributed by atoms with Crippen LogP contribution in [0.5, 0.6) is 0 Å². The Balaban J connectivity index is 0.991. The number of amides is 5. The third kappa shape index (κ3) is 35.0. The number of fused-ring (bicyclic) bond motifs is 4. The first-order chi connectivity index (χ1) is 42.8. The van der Waals surface area contributed by atoms with Crippen LogP contribution in [0.4, 0.5) is 5.69 Å². The van der Waals surface area contributed by atoms with Crippen LogP contribution in [0.1, 0.15) is 61.6 Å². The van der Waals surface area contributed by atoms with E-state index in [1.165, 1.54) is 16.7 Å². The van der Waals surface area contributed by atoms with Gasteiger partial charge in [-0.3, -0.25) is 24.0 Å². The van der Waals surface area contributed by atoms with Crippen molar-refractivity contribution in [2.24, 2.45) is 0 Å². The van der Waals surface area contributed by atoms with Gasteiger partial charge in [-0.1, -0.05) is 54.3 Å². The Bertz CT molecular complexity index is 2280. The highest BCUT2D eigenvalue weighted by molar-refractivity contribution is 6.05. The maximum Gasteiger partial charge on any atom is 0.227 e. The molecule has 1 heterocycles. The number of carbonyl (C=O) groups excluding carboxylic acids is 5. The van der Waals surface area contributed by atoms with Crippen LogP contribution in [-0.4, -0.2) is 240 Å². The van der Waals surface area contributed by atoms with Crippen LogP contribution < -0.4 is 26.2 Å². The third-order valence-corrected chi connectivity index (χ3v) is 12.9. The molecule has 5 amide bonds. The molecule has 0 radical (unpaired) electrons. The number of allylic oxidation sites excluding steroid dienone is 2. The first kappa shape index (κ1) is 73.6. The zero-order chi connectivity index (χ0) is 61.9. The summed E-state index contributed by atoms with van der Waals surface area (Å²) in [6.07, 6.45) is 12.7. The quantitative estimate of drug-likeness (QED) is 0.0548. The first-order valence-corrected chi connectivity index (χ1v) is 30.1. The third-order valence-electron chi connectivity index (χ3n) is 12.9. The number of ether oxygens (including phenoxy) is 14. The Hall–Kier alpha value is -5.91. The van der Waals surface area contributed by atoms with Crippen LogP contribution >= 0.6 is 0 Å². The Kier molecular flexibility index (Phi) is 42.3. The molecule has 1 aliphatic carbocycles. The lowest BCUT2D eigenvalue weighted by Gasteiger charge is -2.35. The fourth-order valence-electron chi connectivity index (χ4n) is 8.49. The first-order valence-electron chi connectivity index (χ1n) is 30.1. The average Bonchev–Trinajstić information content (AvgIpc) is 0.873. The van der Waals surface area contributed by atoms with Crippen LogP contribution in [0.3, 0.4) is 0 Å². The van der Waals surface area contributed by atoms with Gasteiger partial charge in [0.05, 0.1) is 190 Å². The second kappa shape index (κ2) is 50.0. The fourth-order valence-corrected chi connectivity index (χ4v) is 8.49. The fraction of sp³-hybridized carbons (Fsp3) is 0.635. The maximum absolute atomic E-state index is 13.6. The molecule has 0 saturated heterocycles. The summed E-state index contributed by atoms with van der Waals surface area (Å²) in [7, 11) is 0. The number of rotatable bonds is 55. The summed E-state index contributed by atoms with van der Waals surface area (Å²) in [5, 5.41) is 11.3.